The lowest BCUT2D eigenvalue weighted by molar-refractivity contribution is -0.137. The van der Waals surface area contributed by atoms with Crippen LogP contribution in [0.4, 0.5) is 24.9 Å². The van der Waals surface area contributed by atoms with Gasteiger partial charge in [-0.3, -0.25) is 0 Å². The molecule has 1 heterocycles. The van der Waals surface area contributed by atoms with Crippen LogP contribution < -0.4 is 10.6 Å². The minimum Gasteiger partial charge on any atom is -0.372 e. The second-order valence-electron chi connectivity index (χ2n) is 5.83. The van der Waals surface area contributed by atoms with E-state index in [0.29, 0.717) is 11.4 Å². The molecule has 0 atom stereocenters. The molecule has 1 aromatic rings. The van der Waals surface area contributed by atoms with Crippen molar-refractivity contribution in [3.8, 4) is 0 Å². The van der Waals surface area contributed by atoms with Gasteiger partial charge in [-0.2, -0.15) is 18.2 Å². The molecule has 2 rings (SSSR count). The Balaban J connectivity index is 2.08. The summed E-state index contributed by atoms with van der Waals surface area (Å²) in [6.07, 6.45) is 7.70. The van der Waals surface area contributed by atoms with Crippen LogP contribution in [-0.4, -0.2) is 22.7 Å². The normalized spacial score (nSPS) is 16.0. The highest BCUT2D eigenvalue weighted by Crippen LogP contribution is 2.33. The van der Waals surface area contributed by atoms with Crippen LogP contribution in [0, 0.1) is 5.41 Å². The molecule has 0 radical (unpaired) electrons. The third-order valence-electron chi connectivity index (χ3n) is 3.81. The number of allylic oxidation sites excluding steroid dienone is 5. The summed E-state index contributed by atoms with van der Waals surface area (Å²) in [5, 5.41) is 13.3. The van der Waals surface area contributed by atoms with Gasteiger partial charge in [0.15, 0.2) is 0 Å². The molecule has 1 aromatic heterocycles. The first kappa shape index (κ1) is 19.7. The van der Waals surface area contributed by atoms with Crippen LogP contribution in [0.3, 0.4) is 0 Å². The molecule has 1 aliphatic rings. The fourth-order valence-electron chi connectivity index (χ4n) is 2.43. The first-order valence-electron chi connectivity index (χ1n) is 8.43. The van der Waals surface area contributed by atoms with E-state index in [0.717, 1.165) is 37.5 Å². The van der Waals surface area contributed by atoms with Crippen LogP contribution in [0.1, 0.15) is 38.2 Å². The maximum atomic E-state index is 12.9. The lowest BCUT2D eigenvalue weighted by Gasteiger charge is -2.15. The zero-order valence-corrected chi connectivity index (χ0v) is 14.7. The number of hydrogen-bond donors (Lipinski definition) is 3. The van der Waals surface area contributed by atoms with Gasteiger partial charge < -0.3 is 16.0 Å². The summed E-state index contributed by atoms with van der Waals surface area (Å²) in [5.74, 6) is -0.275. The van der Waals surface area contributed by atoms with Crippen LogP contribution in [0.25, 0.3) is 0 Å². The van der Waals surface area contributed by atoms with Crippen LogP contribution in [0.2, 0.25) is 0 Å². The third kappa shape index (κ3) is 5.18. The molecule has 0 fully saturated rings. The Kier molecular flexibility index (Phi) is 6.54. The number of rotatable bonds is 7. The van der Waals surface area contributed by atoms with Gasteiger partial charge in [-0.25, -0.2) is 4.98 Å². The fraction of sp³-hybridized carbons (Fsp3) is 0.389. The molecule has 0 unspecified atom stereocenters. The van der Waals surface area contributed by atoms with E-state index in [-0.39, 0.29) is 11.8 Å². The summed E-state index contributed by atoms with van der Waals surface area (Å²) in [6, 6.07) is 0. The van der Waals surface area contributed by atoms with Gasteiger partial charge in [0.1, 0.15) is 11.4 Å². The summed E-state index contributed by atoms with van der Waals surface area (Å²) in [6.45, 7) is 2.14. The predicted molar refractivity (Wildman–Crippen MR) is 97.4 cm³/mol. The molecule has 0 saturated heterocycles. The van der Waals surface area contributed by atoms with Gasteiger partial charge in [0.05, 0.1) is 5.71 Å². The standard InChI is InChI=1S/C18H22F3N5/c1-3-4-5-6-7-12-8-9-13(10-15(12)22)25-17-24-11-14(18(19,20)21)16(23-2)26-17/h7-11,22H,3-6H2,1-2H3,(H2,23,24,25,26)/b12-7-,22-15?. The molecule has 1 aliphatic carbocycles. The van der Waals surface area contributed by atoms with Crippen LogP contribution in [-0.2, 0) is 6.18 Å². The van der Waals surface area contributed by atoms with Crippen LogP contribution in [0.15, 0.2) is 41.8 Å². The number of halogens is 3. The van der Waals surface area contributed by atoms with Crippen molar-refractivity contribution in [1.82, 2.24) is 9.97 Å². The van der Waals surface area contributed by atoms with Crippen LogP contribution >= 0.6 is 0 Å². The number of nitrogens with zero attached hydrogens (tertiary/aromatic N) is 2. The number of anilines is 2. The van der Waals surface area contributed by atoms with Crippen molar-refractivity contribution in [1.29, 1.82) is 5.41 Å². The summed E-state index contributed by atoms with van der Waals surface area (Å²) in [7, 11) is 1.37. The van der Waals surface area contributed by atoms with Crippen molar-refractivity contribution >= 4 is 17.5 Å². The Morgan fingerprint density at radius 2 is 2.00 bits per heavy atom. The minimum absolute atomic E-state index is 0.0291. The zero-order chi connectivity index (χ0) is 19.2. The molecule has 0 aromatic carbocycles. The van der Waals surface area contributed by atoms with Gasteiger partial charge >= 0.3 is 6.18 Å². The first-order chi connectivity index (χ1) is 12.3. The molecule has 0 spiro atoms. The van der Waals surface area contributed by atoms with Crippen molar-refractivity contribution in [2.75, 3.05) is 17.7 Å². The topological polar surface area (TPSA) is 73.7 Å². The second-order valence-corrected chi connectivity index (χ2v) is 5.83. The molecule has 26 heavy (non-hydrogen) atoms. The lowest BCUT2D eigenvalue weighted by Crippen LogP contribution is -2.14. The number of aromatic nitrogens is 2. The maximum Gasteiger partial charge on any atom is 0.421 e. The van der Waals surface area contributed by atoms with Gasteiger partial charge in [-0.05, 0) is 30.6 Å². The van der Waals surface area contributed by atoms with E-state index in [1.165, 1.54) is 7.05 Å². The molecular formula is C18H22F3N5. The Labute approximate surface area is 150 Å². The SMILES string of the molecule is CCCCC/C=C1/C=CC(Nc2ncc(C(F)(F)F)c(NC)n2)=CC1=N. The number of nitrogens with one attached hydrogen (secondary N) is 3. The largest absolute Gasteiger partial charge is 0.421 e. The predicted octanol–water partition coefficient (Wildman–Crippen LogP) is 4.93. The van der Waals surface area contributed by atoms with Gasteiger partial charge in [0.25, 0.3) is 0 Å². The molecule has 3 N–H and O–H groups in total. The third-order valence-corrected chi connectivity index (χ3v) is 3.81. The smallest absolute Gasteiger partial charge is 0.372 e. The Morgan fingerprint density at radius 3 is 2.62 bits per heavy atom. The molecule has 140 valence electrons. The van der Waals surface area contributed by atoms with Crippen LogP contribution in [0.5, 0.6) is 0 Å². The van der Waals surface area contributed by atoms with E-state index in [4.69, 9.17) is 5.41 Å². The second kappa shape index (κ2) is 8.64. The van der Waals surface area contributed by atoms with E-state index < -0.39 is 11.7 Å². The van der Waals surface area contributed by atoms with Crippen molar-refractivity contribution < 1.29 is 13.2 Å². The summed E-state index contributed by atoms with van der Waals surface area (Å²) in [5.41, 5.74) is 0.787. The molecule has 0 saturated carbocycles. The van der Waals surface area contributed by atoms with Crippen molar-refractivity contribution in [2.45, 2.75) is 38.8 Å². The van der Waals surface area contributed by atoms with Gasteiger partial charge in [-0.1, -0.05) is 31.9 Å². The number of alkyl halides is 3. The Hall–Kier alpha value is -2.64. The van der Waals surface area contributed by atoms with E-state index >= 15 is 0 Å². The lowest BCUT2D eigenvalue weighted by atomic mass is 10.0. The molecule has 0 amide bonds. The summed E-state index contributed by atoms with van der Waals surface area (Å²) >= 11 is 0. The highest BCUT2D eigenvalue weighted by Gasteiger charge is 2.35. The number of unbranched alkanes of at least 4 members (excludes halogenated alkanes) is 3. The van der Waals surface area contributed by atoms with E-state index in [1.54, 1.807) is 18.2 Å². The summed E-state index contributed by atoms with van der Waals surface area (Å²) < 4.78 is 38.6. The maximum absolute atomic E-state index is 12.9. The molecule has 0 bridgehead atoms. The molecule has 5 nitrogen and oxygen atoms in total. The van der Waals surface area contributed by atoms with Crippen molar-refractivity contribution in [3.05, 3.63) is 47.3 Å². The number of hydrogen-bond acceptors (Lipinski definition) is 5. The molecule has 8 heteroatoms. The van der Waals surface area contributed by atoms with Gasteiger partial charge in [0.2, 0.25) is 5.95 Å². The molecular weight excluding hydrogens is 343 g/mol. The Bertz CT molecular complexity index is 748. The minimum atomic E-state index is -4.53. The fourth-order valence-corrected chi connectivity index (χ4v) is 2.43. The Morgan fingerprint density at radius 1 is 1.23 bits per heavy atom. The molecule has 0 aliphatic heterocycles. The van der Waals surface area contributed by atoms with Gasteiger partial charge in [0, 0.05) is 18.9 Å². The van der Waals surface area contributed by atoms with E-state index in [1.807, 2.05) is 6.08 Å². The highest BCUT2D eigenvalue weighted by atomic mass is 19.4. The first-order valence-corrected chi connectivity index (χ1v) is 8.43. The zero-order valence-electron chi connectivity index (χ0n) is 14.7. The monoisotopic (exact) mass is 365 g/mol. The van der Waals surface area contributed by atoms with E-state index in [2.05, 4.69) is 27.5 Å². The quantitative estimate of drug-likeness (QED) is 0.599. The summed E-state index contributed by atoms with van der Waals surface area (Å²) in [4.78, 5) is 7.57. The van der Waals surface area contributed by atoms with Crippen molar-refractivity contribution in [2.24, 2.45) is 0 Å². The van der Waals surface area contributed by atoms with Gasteiger partial charge in [-0.15, -0.1) is 0 Å². The van der Waals surface area contributed by atoms with Crippen molar-refractivity contribution in [3.63, 3.8) is 0 Å². The average Bonchev–Trinajstić information content (AvgIpc) is 2.59. The average molecular weight is 365 g/mol. The van der Waals surface area contributed by atoms with E-state index in [9.17, 15) is 13.2 Å². The highest BCUT2D eigenvalue weighted by molar-refractivity contribution is 6.10.